The molecular weight excluding hydrogens is 346 g/mol. The predicted octanol–water partition coefficient (Wildman–Crippen LogP) is 3.46. The van der Waals surface area contributed by atoms with Gasteiger partial charge in [0.2, 0.25) is 0 Å². The van der Waals surface area contributed by atoms with Gasteiger partial charge in [-0.25, -0.2) is 4.79 Å². The zero-order valence-electron chi connectivity index (χ0n) is 14.8. The molecule has 0 radical (unpaired) electrons. The Labute approximate surface area is 152 Å². The first kappa shape index (κ1) is 19.4. The van der Waals surface area contributed by atoms with Crippen LogP contribution in [0.5, 0.6) is 11.5 Å². The number of hydrogen-bond acceptors (Lipinski definition) is 4. The van der Waals surface area contributed by atoms with Crippen LogP contribution in [-0.4, -0.2) is 48.2 Å². The second kappa shape index (κ2) is 8.43. The van der Waals surface area contributed by atoms with Crippen molar-refractivity contribution in [2.24, 2.45) is 5.92 Å². The van der Waals surface area contributed by atoms with E-state index in [0.29, 0.717) is 49.0 Å². The van der Waals surface area contributed by atoms with Crippen LogP contribution in [-0.2, 0) is 4.79 Å². The van der Waals surface area contributed by atoms with Gasteiger partial charge in [0.25, 0.3) is 5.91 Å². The van der Waals surface area contributed by atoms with Crippen molar-refractivity contribution in [3.63, 3.8) is 0 Å². The van der Waals surface area contributed by atoms with Crippen LogP contribution < -0.4 is 9.47 Å². The molecule has 138 valence electrons. The van der Waals surface area contributed by atoms with Gasteiger partial charge in [0.1, 0.15) is 6.04 Å². The first-order chi connectivity index (χ1) is 11.8. The molecule has 1 heterocycles. The lowest BCUT2D eigenvalue weighted by Gasteiger charge is -2.22. The van der Waals surface area contributed by atoms with Gasteiger partial charge in [-0.2, -0.15) is 0 Å². The fourth-order valence-corrected chi connectivity index (χ4v) is 3.08. The average molecular weight is 370 g/mol. The molecule has 1 aliphatic heterocycles. The highest BCUT2D eigenvalue weighted by molar-refractivity contribution is 6.32. The van der Waals surface area contributed by atoms with Crippen LogP contribution in [0.2, 0.25) is 5.02 Å². The Hall–Kier alpha value is -1.95. The third-order valence-corrected chi connectivity index (χ3v) is 4.50. The molecule has 0 spiro atoms. The van der Waals surface area contributed by atoms with Crippen molar-refractivity contribution in [3.8, 4) is 11.5 Å². The van der Waals surface area contributed by atoms with Crippen molar-refractivity contribution < 1.29 is 24.2 Å². The summed E-state index contributed by atoms with van der Waals surface area (Å²) in [5, 5.41) is 9.53. The van der Waals surface area contributed by atoms with E-state index in [0.717, 1.165) is 6.42 Å². The Bertz CT molecular complexity index is 647. The number of amides is 1. The number of carboxylic acid groups (broad SMARTS) is 1. The molecule has 0 unspecified atom stereocenters. The monoisotopic (exact) mass is 369 g/mol. The zero-order valence-corrected chi connectivity index (χ0v) is 15.5. The number of aliphatic carboxylic acids is 1. The molecule has 25 heavy (non-hydrogen) atoms. The van der Waals surface area contributed by atoms with Crippen LogP contribution in [0.3, 0.4) is 0 Å². The summed E-state index contributed by atoms with van der Waals surface area (Å²) in [6.45, 7) is 5.11. The fourth-order valence-electron chi connectivity index (χ4n) is 2.81. The van der Waals surface area contributed by atoms with E-state index in [9.17, 15) is 14.7 Å². The maximum Gasteiger partial charge on any atom is 0.326 e. The van der Waals surface area contributed by atoms with Gasteiger partial charge in [-0.3, -0.25) is 4.79 Å². The Morgan fingerprint density at radius 3 is 2.72 bits per heavy atom. The topological polar surface area (TPSA) is 76.1 Å². The van der Waals surface area contributed by atoms with Gasteiger partial charge in [0, 0.05) is 12.1 Å². The first-order valence-electron chi connectivity index (χ1n) is 8.39. The molecule has 0 saturated carbocycles. The molecule has 1 amide bonds. The van der Waals surface area contributed by atoms with Crippen molar-refractivity contribution in [1.82, 2.24) is 4.90 Å². The van der Waals surface area contributed by atoms with Gasteiger partial charge < -0.3 is 19.5 Å². The summed E-state index contributed by atoms with van der Waals surface area (Å²) in [7, 11) is 1.48. The lowest BCUT2D eigenvalue weighted by Crippen LogP contribution is -2.40. The van der Waals surface area contributed by atoms with Crippen LogP contribution in [0.4, 0.5) is 0 Å². The number of rotatable bonds is 7. The summed E-state index contributed by atoms with van der Waals surface area (Å²) in [6, 6.07) is 2.27. The summed E-state index contributed by atoms with van der Waals surface area (Å²) in [6.07, 6.45) is 2.00. The van der Waals surface area contributed by atoms with Crippen LogP contribution in [0, 0.1) is 5.92 Å². The Kier molecular flexibility index (Phi) is 6.53. The number of likely N-dealkylation sites (tertiary alicyclic amines) is 1. The second-order valence-corrected chi connectivity index (χ2v) is 6.92. The van der Waals surface area contributed by atoms with Gasteiger partial charge in [0.15, 0.2) is 11.5 Å². The normalized spacial score (nSPS) is 17.0. The van der Waals surface area contributed by atoms with Crippen LogP contribution in [0.25, 0.3) is 0 Å². The summed E-state index contributed by atoms with van der Waals surface area (Å²) in [5.41, 5.74) is 0.297. The zero-order chi connectivity index (χ0) is 18.6. The molecule has 1 saturated heterocycles. The number of ether oxygens (including phenoxy) is 2. The van der Waals surface area contributed by atoms with E-state index in [2.05, 4.69) is 13.8 Å². The number of nitrogens with zero attached hydrogens (tertiary/aromatic N) is 1. The van der Waals surface area contributed by atoms with E-state index >= 15 is 0 Å². The fraction of sp³-hybridized carbons (Fsp3) is 0.556. The van der Waals surface area contributed by atoms with Crippen molar-refractivity contribution >= 4 is 23.5 Å². The van der Waals surface area contributed by atoms with E-state index in [4.69, 9.17) is 21.1 Å². The number of carboxylic acids is 1. The van der Waals surface area contributed by atoms with E-state index in [1.165, 1.54) is 18.1 Å². The Morgan fingerprint density at radius 2 is 2.12 bits per heavy atom. The lowest BCUT2D eigenvalue weighted by molar-refractivity contribution is -0.141. The minimum atomic E-state index is -0.988. The molecular formula is C18H24ClNO5. The highest BCUT2D eigenvalue weighted by atomic mass is 35.5. The molecule has 1 fully saturated rings. The predicted molar refractivity (Wildman–Crippen MR) is 94.6 cm³/mol. The maximum atomic E-state index is 12.7. The number of hydrogen-bond donors (Lipinski definition) is 1. The van der Waals surface area contributed by atoms with Gasteiger partial charge in [0.05, 0.1) is 18.7 Å². The third-order valence-electron chi connectivity index (χ3n) is 4.22. The molecule has 0 aromatic heterocycles. The minimum absolute atomic E-state index is 0.275. The molecule has 1 aromatic rings. The number of carbonyl (C=O) groups excluding carboxylic acids is 1. The van der Waals surface area contributed by atoms with Crippen molar-refractivity contribution in [2.45, 2.75) is 39.2 Å². The summed E-state index contributed by atoms with van der Waals surface area (Å²) >= 11 is 6.29. The van der Waals surface area contributed by atoms with E-state index in [1.807, 2.05) is 0 Å². The molecule has 7 heteroatoms. The standard InChI is InChI=1S/C18H24ClNO5/c1-11(2)6-8-25-16-13(19)9-12(10-15(16)24-3)17(21)20-7-4-5-14(20)18(22)23/h9-11,14H,4-8H2,1-3H3,(H,22,23)/t14-/m1/s1. The SMILES string of the molecule is COc1cc(C(=O)N2CCC[C@@H]2C(=O)O)cc(Cl)c1OCCC(C)C. The maximum absolute atomic E-state index is 12.7. The van der Waals surface area contributed by atoms with E-state index in [-0.39, 0.29) is 10.9 Å². The molecule has 2 rings (SSSR count). The van der Waals surface area contributed by atoms with Gasteiger partial charge in [-0.1, -0.05) is 25.4 Å². The number of carbonyl (C=O) groups is 2. The number of halogens is 1. The Morgan fingerprint density at radius 1 is 1.40 bits per heavy atom. The largest absolute Gasteiger partial charge is 0.493 e. The average Bonchev–Trinajstić information content (AvgIpc) is 3.04. The number of benzene rings is 1. The van der Waals surface area contributed by atoms with Crippen LogP contribution in [0.1, 0.15) is 43.5 Å². The summed E-state index contributed by atoms with van der Waals surface area (Å²) in [5.74, 6) is -0.0895. The molecule has 1 atom stereocenters. The van der Waals surface area contributed by atoms with Crippen molar-refractivity contribution in [2.75, 3.05) is 20.3 Å². The first-order valence-corrected chi connectivity index (χ1v) is 8.77. The molecule has 1 aliphatic rings. The highest BCUT2D eigenvalue weighted by Crippen LogP contribution is 2.37. The van der Waals surface area contributed by atoms with Gasteiger partial charge in [-0.15, -0.1) is 0 Å². The number of methoxy groups -OCH3 is 1. The summed E-state index contributed by atoms with van der Waals surface area (Å²) in [4.78, 5) is 25.4. The molecule has 1 aromatic carbocycles. The van der Waals surface area contributed by atoms with Crippen molar-refractivity contribution in [3.05, 3.63) is 22.7 Å². The molecule has 6 nitrogen and oxygen atoms in total. The van der Waals surface area contributed by atoms with Crippen LogP contribution in [0.15, 0.2) is 12.1 Å². The second-order valence-electron chi connectivity index (χ2n) is 6.52. The highest BCUT2D eigenvalue weighted by Gasteiger charge is 2.35. The lowest BCUT2D eigenvalue weighted by atomic mass is 10.1. The van der Waals surface area contributed by atoms with Crippen LogP contribution >= 0.6 is 11.6 Å². The van der Waals surface area contributed by atoms with E-state index < -0.39 is 12.0 Å². The minimum Gasteiger partial charge on any atom is -0.493 e. The van der Waals surface area contributed by atoms with Crippen molar-refractivity contribution in [1.29, 1.82) is 0 Å². The smallest absolute Gasteiger partial charge is 0.326 e. The molecule has 0 aliphatic carbocycles. The van der Waals surface area contributed by atoms with Gasteiger partial charge >= 0.3 is 5.97 Å². The quantitative estimate of drug-likeness (QED) is 0.796. The van der Waals surface area contributed by atoms with E-state index in [1.54, 1.807) is 6.07 Å². The van der Waals surface area contributed by atoms with Gasteiger partial charge in [-0.05, 0) is 37.3 Å². The molecule has 1 N–H and O–H groups in total. The third kappa shape index (κ3) is 4.57. The summed E-state index contributed by atoms with van der Waals surface area (Å²) < 4.78 is 11.0. The Balaban J connectivity index is 2.23. The molecule has 0 bridgehead atoms.